The molecule has 1 rings (SSSR count). The molecular weight excluding hydrogens is 231 g/mol. The number of nitrogens with two attached hydrogens (primary N) is 3. The van der Waals surface area contributed by atoms with Crippen molar-refractivity contribution in [3.63, 3.8) is 0 Å². The summed E-state index contributed by atoms with van der Waals surface area (Å²) in [5.74, 6) is -1.42. The van der Waals surface area contributed by atoms with E-state index in [0.717, 1.165) is 0 Å². The molecule has 8 N–H and O–H groups in total. The molecule has 0 spiro atoms. The zero-order valence-corrected chi connectivity index (χ0v) is 9.21. The van der Waals surface area contributed by atoms with Gasteiger partial charge in [-0.3, -0.25) is 4.57 Å². The third kappa shape index (κ3) is 3.32. The predicted molar refractivity (Wildman–Crippen MR) is 60.9 cm³/mol. The van der Waals surface area contributed by atoms with Gasteiger partial charge in [-0.15, -0.1) is 0 Å². The highest BCUT2D eigenvalue weighted by Gasteiger charge is 2.25. The van der Waals surface area contributed by atoms with E-state index in [-0.39, 0.29) is 5.96 Å². The lowest BCUT2D eigenvalue weighted by Crippen LogP contribution is -2.21. The number of hydrogen-bond donors (Lipinski definition) is 5. The number of aliphatic imine (C=N–C) groups is 1. The summed E-state index contributed by atoms with van der Waals surface area (Å²) in [5, 5.41) is 0. The number of hydrogen-bond acceptors (Lipinski definition) is 3. The summed E-state index contributed by atoms with van der Waals surface area (Å²) in [6.45, 7) is 0. The molecule has 0 aliphatic carbocycles. The Kier molecular flexibility index (Phi) is 3.66. The van der Waals surface area contributed by atoms with Crippen LogP contribution in [-0.2, 0) is 4.57 Å². The zero-order chi connectivity index (χ0) is 12.3. The molecule has 0 fully saturated rings. The quantitative estimate of drug-likeness (QED) is 0.280. The SMILES string of the molecule is NC(N)=Nc1ccc(C(N)P(=O)(O)O)cc1. The molecule has 8 heteroatoms. The van der Waals surface area contributed by atoms with Gasteiger partial charge in [-0.25, -0.2) is 4.99 Å². The minimum Gasteiger partial charge on any atom is -0.370 e. The van der Waals surface area contributed by atoms with Crippen LogP contribution in [0.15, 0.2) is 29.3 Å². The fourth-order valence-electron chi connectivity index (χ4n) is 1.09. The maximum atomic E-state index is 10.9. The van der Waals surface area contributed by atoms with Crippen LogP contribution in [-0.4, -0.2) is 15.7 Å². The van der Waals surface area contributed by atoms with Crippen LogP contribution in [0.25, 0.3) is 0 Å². The topological polar surface area (TPSA) is 148 Å². The van der Waals surface area contributed by atoms with Crippen molar-refractivity contribution in [3.05, 3.63) is 29.8 Å². The van der Waals surface area contributed by atoms with Gasteiger partial charge >= 0.3 is 7.60 Å². The first-order valence-corrected chi connectivity index (χ1v) is 5.99. The van der Waals surface area contributed by atoms with E-state index in [9.17, 15) is 4.57 Å². The molecule has 1 aromatic rings. The van der Waals surface area contributed by atoms with E-state index in [4.69, 9.17) is 27.0 Å². The van der Waals surface area contributed by atoms with Crippen LogP contribution in [0.5, 0.6) is 0 Å². The van der Waals surface area contributed by atoms with Crippen molar-refractivity contribution in [2.24, 2.45) is 22.2 Å². The molecule has 0 aliphatic rings. The van der Waals surface area contributed by atoms with Gasteiger partial charge in [-0.1, -0.05) is 12.1 Å². The van der Waals surface area contributed by atoms with Crippen molar-refractivity contribution in [2.75, 3.05) is 0 Å². The van der Waals surface area contributed by atoms with Crippen LogP contribution < -0.4 is 17.2 Å². The molecule has 0 heterocycles. The molecule has 0 saturated carbocycles. The smallest absolute Gasteiger partial charge is 0.346 e. The molecule has 1 atom stereocenters. The highest BCUT2D eigenvalue weighted by molar-refractivity contribution is 7.52. The normalized spacial score (nSPS) is 13.2. The lowest BCUT2D eigenvalue weighted by atomic mass is 10.2. The summed E-state index contributed by atoms with van der Waals surface area (Å²) >= 11 is 0. The minimum absolute atomic E-state index is 0.0907. The first-order chi connectivity index (χ1) is 7.30. The summed E-state index contributed by atoms with van der Waals surface area (Å²) < 4.78 is 10.9. The Morgan fingerprint density at radius 3 is 2.12 bits per heavy atom. The van der Waals surface area contributed by atoms with Crippen LogP contribution in [0.2, 0.25) is 0 Å². The first kappa shape index (κ1) is 12.7. The van der Waals surface area contributed by atoms with Gasteiger partial charge in [-0.2, -0.15) is 0 Å². The summed E-state index contributed by atoms with van der Waals surface area (Å²) in [6, 6.07) is 5.96. The van der Waals surface area contributed by atoms with Crippen LogP contribution in [0.3, 0.4) is 0 Å². The van der Waals surface area contributed by atoms with Crippen LogP contribution >= 0.6 is 7.60 Å². The van der Waals surface area contributed by atoms with Crippen molar-refractivity contribution < 1.29 is 14.4 Å². The van der Waals surface area contributed by atoms with Crippen LogP contribution in [0, 0.1) is 0 Å². The molecule has 0 saturated heterocycles. The van der Waals surface area contributed by atoms with Crippen LogP contribution in [0.1, 0.15) is 11.3 Å². The molecule has 0 amide bonds. The highest BCUT2D eigenvalue weighted by Crippen LogP contribution is 2.48. The maximum Gasteiger partial charge on any atom is 0.346 e. The Bertz CT molecular complexity index is 435. The second-order valence-electron chi connectivity index (χ2n) is 3.16. The minimum atomic E-state index is -4.33. The van der Waals surface area contributed by atoms with E-state index < -0.39 is 13.4 Å². The Morgan fingerprint density at radius 2 is 1.75 bits per heavy atom. The van der Waals surface area contributed by atoms with Gasteiger partial charge in [0.05, 0.1) is 5.69 Å². The number of benzene rings is 1. The van der Waals surface area contributed by atoms with Crippen molar-refractivity contribution >= 4 is 19.2 Å². The molecular formula is C8H13N4O3P. The highest BCUT2D eigenvalue weighted by atomic mass is 31.2. The van der Waals surface area contributed by atoms with Gasteiger partial charge in [0.25, 0.3) is 0 Å². The average Bonchev–Trinajstić information content (AvgIpc) is 2.15. The Hall–Kier alpha value is -1.40. The van der Waals surface area contributed by atoms with Gasteiger partial charge in [0.15, 0.2) is 5.96 Å². The lowest BCUT2D eigenvalue weighted by molar-refractivity contribution is 0.359. The fourth-order valence-corrected chi connectivity index (χ4v) is 1.65. The largest absolute Gasteiger partial charge is 0.370 e. The monoisotopic (exact) mass is 244 g/mol. The van der Waals surface area contributed by atoms with Gasteiger partial charge in [0.1, 0.15) is 5.78 Å². The van der Waals surface area contributed by atoms with Gasteiger partial charge in [0.2, 0.25) is 0 Å². The molecule has 16 heavy (non-hydrogen) atoms. The maximum absolute atomic E-state index is 10.9. The van der Waals surface area contributed by atoms with Crippen molar-refractivity contribution in [3.8, 4) is 0 Å². The van der Waals surface area contributed by atoms with E-state index >= 15 is 0 Å². The molecule has 1 aromatic carbocycles. The van der Waals surface area contributed by atoms with E-state index in [0.29, 0.717) is 11.3 Å². The average molecular weight is 244 g/mol. The second-order valence-corrected chi connectivity index (χ2v) is 4.90. The fraction of sp³-hybridized carbons (Fsp3) is 0.125. The van der Waals surface area contributed by atoms with E-state index in [2.05, 4.69) is 4.99 Å². The van der Waals surface area contributed by atoms with E-state index in [1.807, 2.05) is 0 Å². The molecule has 88 valence electrons. The molecule has 0 aromatic heterocycles. The lowest BCUT2D eigenvalue weighted by Gasteiger charge is -2.13. The Morgan fingerprint density at radius 1 is 1.25 bits per heavy atom. The van der Waals surface area contributed by atoms with Crippen molar-refractivity contribution in [1.82, 2.24) is 0 Å². The summed E-state index contributed by atoms with van der Waals surface area (Å²) in [5.41, 5.74) is 16.5. The third-order valence-corrected chi connectivity index (χ3v) is 2.88. The number of nitrogens with zero attached hydrogens (tertiary/aromatic N) is 1. The molecule has 0 bridgehead atoms. The predicted octanol–water partition coefficient (Wildman–Crippen LogP) is -0.273. The number of rotatable bonds is 3. The summed E-state index contributed by atoms with van der Waals surface area (Å²) in [6.07, 6.45) is 0. The second kappa shape index (κ2) is 4.63. The number of guanidine groups is 1. The molecule has 0 radical (unpaired) electrons. The zero-order valence-electron chi connectivity index (χ0n) is 8.32. The van der Waals surface area contributed by atoms with Crippen LogP contribution in [0.4, 0.5) is 5.69 Å². The molecule has 1 unspecified atom stereocenters. The van der Waals surface area contributed by atoms with Gasteiger partial charge in [-0.05, 0) is 17.7 Å². The standard InChI is InChI=1S/C8H13N4O3P/c9-7(16(13,14)15)5-1-3-6(4-2-5)12-8(10)11/h1-4,7H,9H2,(H4,10,11,12)(H2,13,14,15). The van der Waals surface area contributed by atoms with Crippen molar-refractivity contribution in [1.29, 1.82) is 0 Å². The van der Waals surface area contributed by atoms with E-state index in [1.165, 1.54) is 24.3 Å². The van der Waals surface area contributed by atoms with Crippen molar-refractivity contribution in [2.45, 2.75) is 5.78 Å². The summed E-state index contributed by atoms with van der Waals surface area (Å²) in [4.78, 5) is 21.5. The third-order valence-electron chi connectivity index (χ3n) is 1.86. The molecule has 0 aliphatic heterocycles. The Balaban J connectivity index is 2.96. The van der Waals surface area contributed by atoms with Gasteiger partial charge < -0.3 is 27.0 Å². The first-order valence-electron chi connectivity index (χ1n) is 4.31. The Labute approximate surface area is 92.1 Å². The summed E-state index contributed by atoms with van der Waals surface area (Å²) in [7, 11) is -4.33. The van der Waals surface area contributed by atoms with Gasteiger partial charge in [0, 0.05) is 0 Å². The molecule has 7 nitrogen and oxygen atoms in total. The van der Waals surface area contributed by atoms with E-state index in [1.54, 1.807) is 0 Å².